The summed E-state index contributed by atoms with van der Waals surface area (Å²) in [5, 5.41) is 0.0804. The van der Waals surface area contributed by atoms with Gasteiger partial charge in [-0.3, -0.25) is 4.79 Å². The van der Waals surface area contributed by atoms with Gasteiger partial charge in [-0.1, -0.05) is 31.5 Å². The third kappa shape index (κ3) is 3.89. The summed E-state index contributed by atoms with van der Waals surface area (Å²) in [6.45, 7) is 7.04. The molecule has 1 aromatic carbocycles. The minimum absolute atomic E-state index is 0.0804. The lowest BCUT2D eigenvalue weighted by Crippen LogP contribution is -2.24. The number of Topliss-reactive ketones (excluding diaryl/α,β-unsaturated/α-hetero) is 1. The summed E-state index contributed by atoms with van der Waals surface area (Å²) in [5.41, 5.74) is 0.332. The number of halogens is 1. The second kappa shape index (κ2) is 6.32. The lowest BCUT2D eigenvalue weighted by Gasteiger charge is -2.10. The van der Waals surface area contributed by atoms with Gasteiger partial charge in [-0.05, 0) is 18.2 Å². The van der Waals surface area contributed by atoms with E-state index in [0.29, 0.717) is 5.56 Å². The molecular formula is C13H16ClNO3S. The van der Waals surface area contributed by atoms with Gasteiger partial charge in [-0.15, -0.1) is 6.58 Å². The molecule has 19 heavy (non-hydrogen) atoms. The van der Waals surface area contributed by atoms with Crippen LogP contribution in [0.4, 0.5) is 0 Å². The molecule has 0 aliphatic heterocycles. The van der Waals surface area contributed by atoms with E-state index < -0.39 is 10.0 Å². The zero-order valence-electron chi connectivity index (χ0n) is 10.8. The van der Waals surface area contributed by atoms with Crippen LogP contribution in [0, 0.1) is 5.92 Å². The molecule has 0 aromatic heterocycles. The maximum absolute atomic E-state index is 12.0. The van der Waals surface area contributed by atoms with E-state index in [1.165, 1.54) is 24.3 Å². The van der Waals surface area contributed by atoms with E-state index in [-0.39, 0.29) is 28.2 Å². The molecule has 0 aliphatic carbocycles. The number of nitrogens with one attached hydrogen (secondary N) is 1. The van der Waals surface area contributed by atoms with Crippen molar-refractivity contribution in [3.05, 3.63) is 41.4 Å². The van der Waals surface area contributed by atoms with Crippen molar-refractivity contribution in [3.8, 4) is 0 Å². The Labute approximate surface area is 118 Å². The number of benzene rings is 1. The van der Waals surface area contributed by atoms with Crippen molar-refractivity contribution >= 4 is 27.4 Å². The number of sulfonamides is 1. The Kier molecular flexibility index (Phi) is 5.29. The van der Waals surface area contributed by atoms with Crippen LogP contribution in [0.3, 0.4) is 0 Å². The molecule has 1 N–H and O–H groups in total. The van der Waals surface area contributed by atoms with E-state index in [1.807, 2.05) is 0 Å². The van der Waals surface area contributed by atoms with Crippen LogP contribution in [0.15, 0.2) is 35.7 Å². The fourth-order valence-corrected chi connectivity index (χ4v) is 2.96. The molecule has 1 rings (SSSR count). The first-order valence-corrected chi connectivity index (χ1v) is 7.60. The van der Waals surface area contributed by atoms with Gasteiger partial charge in [0.25, 0.3) is 0 Å². The zero-order valence-corrected chi connectivity index (χ0v) is 12.4. The van der Waals surface area contributed by atoms with E-state index in [0.717, 1.165) is 0 Å². The predicted octanol–water partition coefficient (Wildman–Crippen LogP) is 2.64. The summed E-state index contributed by atoms with van der Waals surface area (Å²) in [7, 11) is -3.74. The van der Waals surface area contributed by atoms with Crippen molar-refractivity contribution in [2.24, 2.45) is 5.92 Å². The smallest absolute Gasteiger partial charge is 0.242 e. The maximum Gasteiger partial charge on any atom is 0.242 e. The highest BCUT2D eigenvalue weighted by atomic mass is 35.5. The summed E-state index contributed by atoms with van der Waals surface area (Å²) in [6, 6.07) is 4.24. The molecule has 0 radical (unpaired) electrons. The van der Waals surface area contributed by atoms with Gasteiger partial charge in [-0.25, -0.2) is 13.1 Å². The van der Waals surface area contributed by atoms with E-state index in [1.54, 1.807) is 13.8 Å². The fraction of sp³-hybridized carbons (Fsp3) is 0.308. The molecule has 0 fully saturated rings. The van der Waals surface area contributed by atoms with E-state index >= 15 is 0 Å². The van der Waals surface area contributed by atoms with Crippen molar-refractivity contribution in [2.75, 3.05) is 6.54 Å². The normalized spacial score (nSPS) is 11.6. The predicted molar refractivity (Wildman–Crippen MR) is 76.0 cm³/mol. The van der Waals surface area contributed by atoms with Crippen LogP contribution in [0.5, 0.6) is 0 Å². The molecule has 6 heteroatoms. The van der Waals surface area contributed by atoms with Crippen LogP contribution in [0.2, 0.25) is 5.02 Å². The molecule has 0 heterocycles. The first-order valence-electron chi connectivity index (χ1n) is 5.74. The van der Waals surface area contributed by atoms with Crippen LogP contribution in [0.1, 0.15) is 24.2 Å². The molecule has 4 nitrogen and oxygen atoms in total. The molecule has 0 atom stereocenters. The first kappa shape index (κ1) is 15.9. The first-order chi connectivity index (χ1) is 8.79. The van der Waals surface area contributed by atoms with Crippen molar-refractivity contribution in [1.29, 1.82) is 0 Å². The van der Waals surface area contributed by atoms with Crippen LogP contribution >= 0.6 is 11.6 Å². The second-order valence-electron chi connectivity index (χ2n) is 4.30. The summed E-state index contributed by atoms with van der Waals surface area (Å²) < 4.78 is 26.3. The van der Waals surface area contributed by atoms with Gasteiger partial charge in [-0.2, -0.15) is 0 Å². The molecule has 0 saturated carbocycles. The van der Waals surface area contributed by atoms with Crippen LogP contribution in [0.25, 0.3) is 0 Å². The Morgan fingerprint density at radius 2 is 2.11 bits per heavy atom. The Hall–Kier alpha value is -1.17. The highest BCUT2D eigenvalue weighted by Gasteiger charge is 2.20. The Balaban J connectivity index is 3.25. The zero-order chi connectivity index (χ0) is 14.6. The van der Waals surface area contributed by atoms with Gasteiger partial charge < -0.3 is 0 Å². The Bertz CT molecular complexity index is 594. The summed E-state index contributed by atoms with van der Waals surface area (Å²) in [4.78, 5) is 11.8. The standard InChI is InChI=1S/C13H16ClNO3S/c1-4-7-15-19(17,18)12-8-10(5-6-11(12)14)13(16)9(2)3/h4-6,8-9,15H,1,7H2,2-3H3. The highest BCUT2D eigenvalue weighted by molar-refractivity contribution is 7.89. The van der Waals surface area contributed by atoms with E-state index in [2.05, 4.69) is 11.3 Å². The molecule has 0 unspecified atom stereocenters. The van der Waals surface area contributed by atoms with E-state index in [4.69, 9.17) is 11.6 Å². The lowest BCUT2D eigenvalue weighted by atomic mass is 10.0. The molecule has 0 saturated heterocycles. The van der Waals surface area contributed by atoms with Gasteiger partial charge in [0.1, 0.15) is 4.90 Å². The number of carbonyl (C=O) groups excluding carboxylic acids is 1. The van der Waals surface area contributed by atoms with Gasteiger partial charge >= 0.3 is 0 Å². The van der Waals surface area contributed by atoms with Gasteiger partial charge in [0, 0.05) is 18.0 Å². The van der Waals surface area contributed by atoms with Crippen LogP contribution in [-0.4, -0.2) is 20.7 Å². The number of hydrogen-bond donors (Lipinski definition) is 1. The summed E-state index contributed by atoms with van der Waals surface area (Å²) in [6.07, 6.45) is 1.43. The topological polar surface area (TPSA) is 63.2 Å². The van der Waals surface area contributed by atoms with Crippen LogP contribution in [-0.2, 0) is 10.0 Å². The number of carbonyl (C=O) groups is 1. The second-order valence-corrected chi connectivity index (χ2v) is 6.45. The Morgan fingerprint density at radius 3 is 2.63 bits per heavy atom. The van der Waals surface area contributed by atoms with Crippen molar-refractivity contribution in [1.82, 2.24) is 4.72 Å². The highest BCUT2D eigenvalue weighted by Crippen LogP contribution is 2.23. The number of ketones is 1. The SMILES string of the molecule is C=CCNS(=O)(=O)c1cc(C(=O)C(C)C)ccc1Cl. The van der Waals surface area contributed by atoms with E-state index in [9.17, 15) is 13.2 Å². The van der Waals surface area contributed by atoms with Crippen molar-refractivity contribution < 1.29 is 13.2 Å². The Morgan fingerprint density at radius 1 is 1.47 bits per heavy atom. The molecular weight excluding hydrogens is 286 g/mol. The molecule has 104 valence electrons. The summed E-state index contributed by atoms with van der Waals surface area (Å²) >= 11 is 5.89. The third-order valence-corrected chi connectivity index (χ3v) is 4.35. The average Bonchev–Trinajstić information content (AvgIpc) is 2.35. The minimum Gasteiger partial charge on any atom is -0.294 e. The number of hydrogen-bond acceptors (Lipinski definition) is 3. The fourth-order valence-electron chi connectivity index (χ4n) is 1.44. The summed E-state index contributed by atoms with van der Waals surface area (Å²) in [5.74, 6) is -0.338. The molecule has 0 aliphatic rings. The van der Waals surface area contributed by atoms with Gasteiger partial charge in [0.2, 0.25) is 10.0 Å². The number of rotatable bonds is 6. The average molecular weight is 302 g/mol. The van der Waals surface area contributed by atoms with Gasteiger partial charge in [0.15, 0.2) is 5.78 Å². The molecule has 0 bridgehead atoms. The van der Waals surface area contributed by atoms with Crippen molar-refractivity contribution in [2.45, 2.75) is 18.7 Å². The maximum atomic E-state index is 12.0. The molecule has 0 amide bonds. The van der Waals surface area contributed by atoms with Gasteiger partial charge in [0.05, 0.1) is 5.02 Å². The van der Waals surface area contributed by atoms with Crippen molar-refractivity contribution in [3.63, 3.8) is 0 Å². The lowest BCUT2D eigenvalue weighted by molar-refractivity contribution is 0.0939. The monoisotopic (exact) mass is 301 g/mol. The minimum atomic E-state index is -3.74. The quantitative estimate of drug-likeness (QED) is 0.649. The largest absolute Gasteiger partial charge is 0.294 e. The molecule has 1 aromatic rings. The van der Waals surface area contributed by atoms with Crippen LogP contribution < -0.4 is 4.72 Å². The third-order valence-electron chi connectivity index (χ3n) is 2.45. The molecule has 0 spiro atoms.